The summed E-state index contributed by atoms with van der Waals surface area (Å²) in [7, 11) is -2.10. The van der Waals surface area contributed by atoms with Gasteiger partial charge in [-0.3, -0.25) is 4.79 Å². The summed E-state index contributed by atoms with van der Waals surface area (Å²) in [6.45, 7) is 3.01. The second-order valence-electron chi connectivity index (χ2n) is 5.64. The second kappa shape index (κ2) is 8.63. The van der Waals surface area contributed by atoms with Crippen LogP contribution < -0.4 is 15.4 Å². The first-order chi connectivity index (χ1) is 10.4. The Hall–Kier alpha value is -1.15. The smallest absolute Gasteiger partial charge is 0.240 e. The first kappa shape index (κ1) is 19.9. The topological polar surface area (TPSA) is 87.3 Å². The van der Waals surface area contributed by atoms with E-state index in [2.05, 4.69) is 15.4 Å². The molecule has 1 saturated carbocycles. The predicted molar refractivity (Wildman–Crippen MR) is 92.1 cm³/mol. The third-order valence-corrected chi connectivity index (χ3v) is 5.14. The van der Waals surface area contributed by atoms with Crippen molar-refractivity contribution in [3.63, 3.8) is 0 Å². The molecule has 3 N–H and O–H groups in total. The fourth-order valence-electron chi connectivity index (χ4n) is 2.16. The average Bonchev–Trinajstić information content (AvgIpc) is 3.31. The third kappa shape index (κ3) is 6.10. The third-order valence-electron chi connectivity index (χ3n) is 3.73. The average molecular weight is 362 g/mol. The van der Waals surface area contributed by atoms with Gasteiger partial charge in [-0.25, -0.2) is 13.1 Å². The Morgan fingerprint density at radius 2 is 2.04 bits per heavy atom. The molecule has 0 aromatic heterocycles. The molecule has 1 aromatic carbocycles. The van der Waals surface area contributed by atoms with Gasteiger partial charge in [0.25, 0.3) is 0 Å². The molecule has 1 aliphatic carbocycles. The van der Waals surface area contributed by atoms with E-state index in [9.17, 15) is 13.2 Å². The lowest BCUT2D eigenvalue weighted by molar-refractivity contribution is -0.120. The van der Waals surface area contributed by atoms with E-state index in [1.165, 1.54) is 26.0 Å². The first-order valence-electron chi connectivity index (χ1n) is 7.46. The molecule has 1 amide bonds. The summed E-state index contributed by atoms with van der Waals surface area (Å²) < 4.78 is 25.9. The minimum absolute atomic E-state index is 0. The predicted octanol–water partition coefficient (Wildman–Crippen LogP) is 1.19. The van der Waals surface area contributed by atoms with Crippen LogP contribution in [0.15, 0.2) is 29.2 Å². The Labute approximate surface area is 143 Å². The minimum Gasteiger partial charge on any atom is -0.348 e. The Morgan fingerprint density at radius 3 is 2.65 bits per heavy atom. The van der Waals surface area contributed by atoms with E-state index >= 15 is 0 Å². The highest BCUT2D eigenvalue weighted by Crippen LogP contribution is 2.27. The summed E-state index contributed by atoms with van der Waals surface area (Å²) in [5.74, 6) is 0.642. The Morgan fingerprint density at radius 1 is 1.35 bits per heavy atom. The quantitative estimate of drug-likeness (QED) is 0.649. The maximum Gasteiger partial charge on any atom is 0.240 e. The van der Waals surface area contributed by atoms with Gasteiger partial charge in [-0.05, 0) is 57.0 Å². The molecular formula is C15H24ClN3O3S. The zero-order valence-corrected chi connectivity index (χ0v) is 15.0. The van der Waals surface area contributed by atoms with E-state index in [1.54, 1.807) is 18.2 Å². The van der Waals surface area contributed by atoms with Crippen molar-refractivity contribution in [2.24, 2.45) is 5.92 Å². The highest BCUT2D eigenvalue weighted by Gasteiger charge is 2.21. The summed E-state index contributed by atoms with van der Waals surface area (Å²) in [6, 6.07) is 6.34. The lowest BCUT2D eigenvalue weighted by Gasteiger charge is -2.15. The molecule has 6 nitrogen and oxygen atoms in total. The number of carbonyl (C=O) groups is 1. The largest absolute Gasteiger partial charge is 0.348 e. The van der Waals surface area contributed by atoms with Crippen LogP contribution in [0.2, 0.25) is 0 Å². The summed E-state index contributed by atoms with van der Waals surface area (Å²) in [4.78, 5) is 12.1. The van der Waals surface area contributed by atoms with E-state index in [-0.39, 0.29) is 35.8 Å². The van der Waals surface area contributed by atoms with Crippen molar-refractivity contribution < 1.29 is 13.2 Å². The number of carbonyl (C=O) groups excluding carboxylic acids is 1. The normalized spacial score (nSPS) is 15.6. The van der Waals surface area contributed by atoms with E-state index in [0.29, 0.717) is 0 Å². The number of nitrogens with one attached hydrogen (secondary N) is 3. The Balaban J connectivity index is 0.00000264. The van der Waals surface area contributed by atoms with Crippen molar-refractivity contribution in [3.05, 3.63) is 29.8 Å². The van der Waals surface area contributed by atoms with Crippen LogP contribution in [0.4, 0.5) is 0 Å². The Kier molecular flexibility index (Phi) is 7.47. The van der Waals surface area contributed by atoms with Gasteiger partial charge in [-0.2, -0.15) is 0 Å². The fraction of sp³-hybridized carbons (Fsp3) is 0.533. The van der Waals surface area contributed by atoms with Crippen LogP contribution in [0.5, 0.6) is 0 Å². The molecule has 1 atom stereocenters. The lowest BCUT2D eigenvalue weighted by atomic mass is 10.1. The molecule has 0 spiro atoms. The molecule has 0 radical (unpaired) electrons. The van der Waals surface area contributed by atoms with Gasteiger partial charge in [0.05, 0.1) is 17.5 Å². The van der Waals surface area contributed by atoms with Gasteiger partial charge < -0.3 is 10.6 Å². The minimum atomic E-state index is -3.47. The molecule has 8 heteroatoms. The van der Waals surface area contributed by atoms with Crippen molar-refractivity contribution in [1.82, 2.24) is 15.4 Å². The van der Waals surface area contributed by atoms with Crippen LogP contribution in [-0.4, -0.2) is 34.5 Å². The van der Waals surface area contributed by atoms with E-state index in [4.69, 9.17) is 0 Å². The monoisotopic (exact) mass is 361 g/mol. The SMILES string of the molecule is CNS(=O)(=O)c1cccc(C(C)NC(=O)CNCC2CC2)c1.Cl. The molecule has 23 heavy (non-hydrogen) atoms. The van der Waals surface area contributed by atoms with Gasteiger partial charge >= 0.3 is 0 Å². The number of rotatable bonds is 8. The lowest BCUT2D eigenvalue weighted by Crippen LogP contribution is -2.36. The number of benzene rings is 1. The molecule has 0 bridgehead atoms. The van der Waals surface area contributed by atoms with Crippen molar-refractivity contribution >= 4 is 28.3 Å². The van der Waals surface area contributed by atoms with Crippen LogP contribution in [0.25, 0.3) is 0 Å². The summed E-state index contributed by atoms with van der Waals surface area (Å²) in [5.41, 5.74) is 0.756. The molecule has 130 valence electrons. The van der Waals surface area contributed by atoms with Gasteiger partial charge in [0.15, 0.2) is 0 Å². The molecular weight excluding hydrogens is 338 g/mol. The maximum absolute atomic E-state index is 11.9. The first-order valence-corrected chi connectivity index (χ1v) is 8.94. The van der Waals surface area contributed by atoms with Gasteiger partial charge in [0.2, 0.25) is 15.9 Å². The number of halogens is 1. The molecule has 0 heterocycles. The summed E-state index contributed by atoms with van der Waals surface area (Å²) >= 11 is 0. The van der Waals surface area contributed by atoms with Crippen LogP contribution >= 0.6 is 12.4 Å². The second-order valence-corrected chi connectivity index (χ2v) is 7.53. The van der Waals surface area contributed by atoms with Crippen LogP contribution in [-0.2, 0) is 14.8 Å². The molecule has 1 aromatic rings. The van der Waals surface area contributed by atoms with Crippen LogP contribution in [0.1, 0.15) is 31.4 Å². The van der Waals surface area contributed by atoms with Crippen molar-refractivity contribution in [2.75, 3.05) is 20.1 Å². The highest BCUT2D eigenvalue weighted by atomic mass is 35.5. The molecule has 1 aliphatic rings. The van der Waals surface area contributed by atoms with Crippen molar-refractivity contribution in [1.29, 1.82) is 0 Å². The number of hydrogen-bond donors (Lipinski definition) is 3. The summed E-state index contributed by atoms with van der Waals surface area (Å²) in [5, 5.41) is 6.00. The number of sulfonamides is 1. The van der Waals surface area contributed by atoms with Gasteiger partial charge in [0.1, 0.15) is 0 Å². The zero-order chi connectivity index (χ0) is 16.2. The van der Waals surface area contributed by atoms with E-state index < -0.39 is 10.0 Å². The number of amides is 1. The van der Waals surface area contributed by atoms with Crippen LogP contribution in [0.3, 0.4) is 0 Å². The van der Waals surface area contributed by atoms with Crippen molar-refractivity contribution in [3.8, 4) is 0 Å². The maximum atomic E-state index is 11.9. The molecule has 1 unspecified atom stereocenters. The van der Waals surface area contributed by atoms with Crippen molar-refractivity contribution in [2.45, 2.75) is 30.7 Å². The molecule has 0 aliphatic heterocycles. The highest BCUT2D eigenvalue weighted by molar-refractivity contribution is 7.89. The van der Waals surface area contributed by atoms with E-state index in [1.807, 2.05) is 6.92 Å². The van der Waals surface area contributed by atoms with Gasteiger partial charge in [-0.15, -0.1) is 12.4 Å². The fourth-order valence-corrected chi connectivity index (χ4v) is 2.94. The van der Waals surface area contributed by atoms with Gasteiger partial charge in [-0.1, -0.05) is 12.1 Å². The van der Waals surface area contributed by atoms with Gasteiger partial charge in [0, 0.05) is 0 Å². The number of hydrogen-bond acceptors (Lipinski definition) is 4. The van der Waals surface area contributed by atoms with E-state index in [0.717, 1.165) is 18.0 Å². The molecule has 2 rings (SSSR count). The standard InChI is InChI=1S/C15H23N3O3S.ClH/c1-11(18-15(19)10-17-9-12-6-7-12)13-4-3-5-14(8-13)22(20,21)16-2;/h3-5,8,11-12,16-17H,6-7,9-10H2,1-2H3,(H,18,19);1H. The molecule has 0 saturated heterocycles. The summed E-state index contributed by atoms with van der Waals surface area (Å²) in [6.07, 6.45) is 2.50. The Bertz CT molecular complexity index is 633. The van der Waals surface area contributed by atoms with Crippen LogP contribution in [0, 0.1) is 5.92 Å². The zero-order valence-electron chi connectivity index (χ0n) is 13.3. The molecule has 1 fully saturated rings.